The molecule has 0 aliphatic carbocycles. The number of halogens is 2. The van der Waals surface area contributed by atoms with Gasteiger partial charge in [0.1, 0.15) is 22.5 Å². The molecule has 0 spiro atoms. The van der Waals surface area contributed by atoms with Crippen LogP contribution in [0.15, 0.2) is 46.9 Å². The maximum atomic E-state index is 6.23. The third-order valence-electron chi connectivity index (χ3n) is 5.10. The standard InChI is InChI=1S/C22H23Cl2N5OS/c1-14-3-2-10-29(13-14)20-11-19(24)26-21(27-20)28-22(31)25-12-17-8-9-18(30-17)15-4-6-16(23)7-5-15/h4-9,11,14H,2-3,10,12-13H2,1H3,(H2,25,26,27,28,31). The molecule has 31 heavy (non-hydrogen) atoms. The molecule has 1 aromatic carbocycles. The highest BCUT2D eigenvalue weighted by molar-refractivity contribution is 7.80. The molecule has 0 amide bonds. The number of rotatable bonds is 5. The van der Waals surface area contributed by atoms with Gasteiger partial charge in [0.05, 0.1) is 6.54 Å². The summed E-state index contributed by atoms with van der Waals surface area (Å²) >= 11 is 17.6. The maximum Gasteiger partial charge on any atom is 0.232 e. The third-order valence-corrected chi connectivity index (χ3v) is 5.79. The van der Waals surface area contributed by atoms with E-state index in [1.165, 1.54) is 6.42 Å². The molecule has 1 aliphatic rings. The highest BCUT2D eigenvalue weighted by atomic mass is 35.5. The van der Waals surface area contributed by atoms with E-state index < -0.39 is 0 Å². The van der Waals surface area contributed by atoms with E-state index in [0.29, 0.717) is 33.7 Å². The fourth-order valence-corrected chi connectivity index (χ4v) is 4.04. The first kappa shape index (κ1) is 21.9. The largest absolute Gasteiger partial charge is 0.459 e. The van der Waals surface area contributed by atoms with Crippen LogP contribution in [0.3, 0.4) is 0 Å². The summed E-state index contributed by atoms with van der Waals surface area (Å²) in [5, 5.41) is 7.60. The van der Waals surface area contributed by atoms with Crippen molar-refractivity contribution >= 4 is 52.3 Å². The fourth-order valence-electron chi connectivity index (χ4n) is 3.58. The SMILES string of the molecule is CC1CCCN(c2cc(Cl)nc(NC(=S)NCc3ccc(-c4ccc(Cl)cc4)o3)n2)C1. The van der Waals surface area contributed by atoms with Gasteiger partial charge in [-0.2, -0.15) is 4.98 Å². The first-order valence-electron chi connectivity index (χ1n) is 10.2. The summed E-state index contributed by atoms with van der Waals surface area (Å²) < 4.78 is 5.89. The van der Waals surface area contributed by atoms with Crippen molar-refractivity contribution in [2.75, 3.05) is 23.3 Å². The van der Waals surface area contributed by atoms with Crippen molar-refractivity contribution in [2.24, 2.45) is 5.92 Å². The number of anilines is 2. The van der Waals surface area contributed by atoms with E-state index in [-0.39, 0.29) is 0 Å². The number of furan rings is 1. The number of piperidine rings is 1. The lowest BCUT2D eigenvalue weighted by atomic mass is 10.0. The quantitative estimate of drug-likeness (QED) is 0.358. The molecule has 162 valence electrons. The van der Waals surface area contributed by atoms with Crippen LogP contribution in [0.1, 0.15) is 25.5 Å². The molecule has 9 heteroatoms. The Balaban J connectivity index is 1.35. The number of thiocarbonyl (C=S) groups is 1. The third kappa shape index (κ3) is 5.87. The van der Waals surface area contributed by atoms with Gasteiger partial charge in [-0.05, 0) is 67.4 Å². The smallest absolute Gasteiger partial charge is 0.232 e. The van der Waals surface area contributed by atoms with Gasteiger partial charge in [-0.15, -0.1) is 0 Å². The molecular formula is C22H23Cl2N5OS. The van der Waals surface area contributed by atoms with Gasteiger partial charge in [0.15, 0.2) is 5.11 Å². The van der Waals surface area contributed by atoms with Crippen LogP contribution in [0, 0.1) is 5.92 Å². The minimum absolute atomic E-state index is 0.375. The molecular weight excluding hydrogens is 453 g/mol. The minimum Gasteiger partial charge on any atom is -0.459 e. The zero-order chi connectivity index (χ0) is 21.8. The molecule has 6 nitrogen and oxygen atoms in total. The molecule has 1 unspecified atom stereocenters. The summed E-state index contributed by atoms with van der Waals surface area (Å²) in [5.74, 6) is 3.35. The fraction of sp³-hybridized carbons (Fsp3) is 0.318. The Kier molecular flexibility index (Phi) is 6.95. The van der Waals surface area contributed by atoms with Crippen molar-refractivity contribution in [3.8, 4) is 11.3 Å². The topological polar surface area (TPSA) is 66.2 Å². The van der Waals surface area contributed by atoms with Gasteiger partial charge in [-0.1, -0.05) is 30.1 Å². The first-order valence-corrected chi connectivity index (χ1v) is 11.3. The summed E-state index contributed by atoms with van der Waals surface area (Å²) in [4.78, 5) is 11.1. The molecule has 0 radical (unpaired) electrons. The van der Waals surface area contributed by atoms with Crippen LogP contribution in [-0.2, 0) is 6.54 Å². The van der Waals surface area contributed by atoms with Gasteiger partial charge >= 0.3 is 0 Å². The summed E-state index contributed by atoms with van der Waals surface area (Å²) in [6.07, 6.45) is 2.38. The Hall–Kier alpha value is -2.35. The summed E-state index contributed by atoms with van der Waals surface area (Å²) in [7, 11) is 0. The van der Waals surface area contributed by atoms with Crippen LogP contribution in [-0.4, -0.2) is 28.2 Å². The van der Waals surface area contributed by atoms with Crippen LogP contribution >= 0.6 is 35.4 Å². The van der Waals surface area contributed by atoms with Crippen molar-refractivity contribution in [2.45, 2.75) is 26.3 Å². The molecule has 1 atom stereocenters. The van der Waals surface area contributed by atoms with Crippen molar-refractivity contribution < 1.29 is 4.42 Å². The maximum absolute atomic E-state index is 6.23. The molecule has 0 bridgehead atoms. The number of nitrogens with one attached hydrogen (secondary N) is 2. The normalized spacial score (nSPS) is 16.2. The van der Waals surface area contributed by atoms with Crippen LogP contribution < -0.4 is 15.5 Å². The molecule has 0 saturated carbocycles. The molecule has 1 saturated heterocycles. The number of nitrogens with zero attached hydrogens (tertiary/aromatic N) is 3. The number of benzene rings is 1. The van der Waals surface area contributed by atoms with E-state index >= 15 is 0 Å². The molecule has 1 fully saturated rings. The number of aromatic nitrogens is 2. The predicted molar refractivity (Wildman–Crippen MR) is 130 cm³/mol. The zero-order valence-electron chi connectivity index (χ0n) is 17.1. The van der Waals surface area contributed by atoms with Crippen LogP contribution in [0.4, 0.5) is 11.8 Å². The van der Waals surface area contributed by atoms with E-state index in [1.807, 2.05) is 36.4 Å². The Labute approximate surface area is 197 Å². The lowest BCUT2D eigenvalue weighted by molar-refractivity contribution is 0.444. The average Bonchev–Trinajstić information content (AvgIpc) is 3.21. The van der Waals surface area contributed by atoms with E-state index in [9.17, 15) is 0 Å². The van der Waals surface area contributed by atoms with E-state index in [1.54, 1.807) is 6.07 Å². The van der Waals surface area contributed by atoms with Gasteiger partial charge in [0, 0.05) is 29.7 Å². The minimum atomic E-state index is 0.375. The van der Waals surface area contributed by atoms with Gasteiger partial charge in [0.2, 0.25) is 5.95 Å². The Morgan fingerprint density at radius 1 is 1.19 bits per heavy atom. The van der Waals surface area contributed by atoms with Gasteiger partial charge in [0.25, 0.3) is 0 Å². The van der Waals surface area contributed by atoms with E-state index in [2.05, 4.69) is 32.4 Å². The lowest BCUT2D eigenvalue weighted by Crippen LogP contribution is -2.35. The Morgan fingerprint density at radius 2 is 2.00 bits per heavy atom. The van der Waals surface area contributed by atoms with E-state index in [0.717, 1.165) is 42.4 Å². The van der Waals surface area contributed by atoms with Gasteiger partial charge in [-0.3, -0.25) is 0 Å². The van der Waals surface area contributed by atoms with Crippen molar-refractivity contribution in [1.29, 1.82) is 0 Å². The molecule has 3 heterocycles. The Morgan fingerprint density at radius 3 is 2.77 bits per heavy atom. The van der Waals surface area contributed by atoms with Gasteiger partial charge < -0.3 is 20.0 Å². The predicted octanol–water partition coefficient (Wildman–Crippen LogP) is 5.77. The summed E-state index contributed by atoms with van der Waals surface area (Å²) in [5.41, 5.74) is 0.961. The highest BCUT2D eigenvalue weighted by Gasteiger charge is 2.19. The lowest BCUT2D eigenvalue weighted by Gasteiger charge is -2.32. The highest BCUT2D eigenvalue weighted by Crippen LogP contribution is 2.25. The number of hydrogen-bond donors (Lipinski definition) is 2. The van der Waals surface area contributed by atoms with E-state index in [4.69, 9.17) is 39.8 Å². The van der Waals surface area contributed by atoms with Crippen LogP contribution in [0.5, 0.6) is 0 Å². The molecule has 4 rings (SSSR count). The second-order valence-electron chi connectivity index (χ2n) is 7.65. The van der Waals surface area contributed by atoms with Crippen LogP contribution in [0.2, 0.25) is 10.2 Å². The first-order chi connectivity index (χ1) is 15.0. The molecule has 1 aliphatic heterocycles. The average molecular weight is 476 g/mol. The molecule has 3 aromatic rings. The monoisotopic (exact) mass is 475 g/mol. The Bertz CT molecular complexity index is 1060. The van der Waals surface area contributed by atoms with Crippen molar-refractivity contribution in [1.82, 2.24) is 15.3 Å². The molecule has 2 N–H and O–H groups in total. The zero-order valence-corrected chi connectivity index (χ0v) is 19.4. The second-order valence-corrected chi connectivity index (χ2v) is 8.88. The van der Waals surface area contributed by atoms with Crippen LogP contribution in [0.25, 0.3) is 11.3 Å². The summed E-state index contributed by atoms with van der Waals surface area (Å²) in [6.45, 7) is 4.61. The van der Waals surface area contributed by atoms with Crippen molar-refractivity contribution in [3.63, 3.8) is 0 Å². The second kappa shape index (κ2) is 9.85. The van der Waals surface area contributed by atoms with Gasteiger partial charge in [-0.25, -0.2) is 4.98 Å². The summed E-state index contributed by atoms with van der Waals surface area (Å²) in [6, 6.07) is 13.1. The molecule has 2 aromatic heterocycles. The van der Waals surface area contributed by atoms with Crippen molar-refractivity contribution in [3.05, 3.63) is 58.4 Å². The number of hydrogen-bond acceptors (Lipinski definition) is 5.